The summed E-state index contributed by atoms with van der Waals surface area (Å²) in [6, 6.07) is 0.367. The van der Waals surface area contributed by atoms with E-state index in [1.165, 1.54) is 0 Å². The van der Waals surface area contributed by atoms with Crippen molar-refractivity contribution in [2.75, 3.05) is 12.9 Å². The molecule has 0 aromatic rings. The first-order valence-electron chi connectivity index (χ1n) is 3.69. The fourth-order valence-electron chi connectivity index (χ4n) is 1.32. The summed E-state index contributed by atoms with van der Waals surface area (Å²) in [6.07, 6.45) is 3.56. The number of nitrogens with two attached hydrogens (primary N) is 1. The second-order valence-corrected chi connectivity index (χ2v) is 3.61. The van der Waals surface area contributed by atoms with E-state index in [1.54, 1.807) is 0 Å². The molecule has 1 fully saturated rings. The fourth-order valence-corrected chi connectivity index (χ4v) is 2.27. The van der Waals surface area contributed by atoms with E-state index in [9.17, 15) is 0 Å². The molecule has 2 nitrogen and oxygen atoms in total. The molecule has 68 valence electrons. The summed E-state index contributed by atoms with van der Waals surface area (Å²) < 4.78 is 5.45. The molecule has 0 bridgehead atoms. The van der Waals surface area contributed by atoms with Crippen molar-refractivity contribution in [3.05, 3.63) is 0 Å². The number of thioether (sulfide) groups is 1. The van der Waals surface area contributed by atoms with Crippen molar-refractivity contribution in [1.29, 1.82) is 0 Å². The highest BCUT2D eigenvalue weighted by atomic mass is 35.5. The maximum absolute atomic E-state index is 5.75. The zero-order valence-corrected chi connectivity index (χ0v) is 8.58. The Hall–Kier alpha value is 0.560. The summed E-state index contributed by atoms with van der Waals surface area (Å²) >= 11 is 1.82. The van der Waals surface area contributed by atoms with Gasteiger partial charge in [-0.25, -0.2) is 0 Å². The van der Waals surface area contributed by atoms with E-state index in [1.807, 2.05) is 18.7 Å². The lowest BCUT2D eigenvalue weighted by molar-refractivity contribution is 0.00541. The molecule has 0 amide bonds. The fraction of sp³-hybridized carbons (Fsp3) is 1.00. The molecular weight excluding hydrogens is 182 g/mol. The molecule has 0 saturated heterocycles. The topological polar surface area (TPSA) is 35.2 Å². The standard InChI is InChI=1S/C7H15NOS.ClH/c1-3-9-6-4-5(8)7(6)10-2;/h5-7H,3-4,8H2,1-2H3;1H. The summed E-state index contributed by atoms with van der Waals surface area (Å²) in [4.78, 5) is 0. The molecule has 1 rings (SSSR count). The van der Waals surface area contributed by atoms with Crippen LogP contribution in [0.4, 0.5) is 0 Å². The third-order valence-electron chi connectivity index (χ3n) is 1.95. The van der Waals surface area contributed by atoms with Gasteiger partial charge < -0.3 is 10.5 Å². The minimum atomic E-state index is 0. The number of hydrogen-bond donors (Lipinski definition) is 1. The maximum atomic E-state index is 5.75. The Bertz CT molecular complexity index is 113. The van der Waals surface area contributed by atoms with E-state index in [0.717, 1.165) is 13.0 Å². The van der Waals surface area contributed by atoms with Crippen LogP contribution < -0.4 is 5.73 Å². The van der Waals surface area contributed by atoms with Crippen LogP contribution in [0.2, 0.25) is 0 Å². The highest BCUT2D eigenvalue weighted by Crippen LogP contribution is 2.31. The molecule has 0 aromatic heterocycles. The minimum Gasteiger partial charge on any atom is -0.377 e. The van der Waals surface area contributed by atoms with Gasteiger partial charge in [0.25, 0.3) is 0 Å². The van der Waals surface area contributed by atoms with Crippen LogP contribution in [0.25, 0.3) is 0 Å². The van der Waals surface area contributed by atoms with Crippen LogP contribution in [-0.4, -0.2) is 30.3 Å². The number of rotatable bonds is 3. The van der Waals surface area contributed by atoms with Crippen molar-refractivity contribution in [1.82, 2.24) is 0 Å². The minimum absolute atomic E-state index is 0. The van der Waals surface area contributed by atoms with Gasteiger partial charge in [-0.3, -0.25) is 0 Å². The average Bonchev–Trinajstić information content (AvgIpc) is 1.88. The van der Waals surface area contributed by atoms with E-state index in [-0.39, 0.29) is 12.4 Å². The molecular formula is C7H16ClNOS. The molecule has 0 spiro atoms. The number of ether oxygens (including phenoxy) is 1. The molecule has 3 atom stereocenters. The predicted molar refractivity (Wildman–Crippen MR) is 52.6 cm³/mol. The highest BCUT2D eigenvalue weighted by molar-refractivity contribution is 7.99. The van der Waals surface area contributed by atoms with Crippen molar-refractivity contribution < 1.29 is 4.74 Å². The van der Waals surface area contributed by atoms with Crippen molar-refractivity contribution in [3.63, 3.8) is 0 Å². The third-order valence-corrected chi connectivity index (χ3v) is 3.14. The van der Waals surface area contributed by atoms with Gasteiger partial charge in [0, 0.05) is 17.9 Å². The summed E-state index contributed by atoms with van der Waals surface area (Å²) in [6.45, 7) is 2.84. The second kappa shape index (κ2) is 5.25. The van der Waals surface area contributed by atoms with Gasteiger partial charge in [0.1, 0.15) is 0 Å². The van der Waals surface area contributed by atoms with Gasteiger partial charge in [-0.15, -0.1) is 12.4 Å². The Morgan fingerprint density at radius 3 is 2.64 bits per heavy atom. The summed E-state index contributed by atoms with van der Waals surface area (Å²) in [5.74, 6) is 0. The molecule has 0 aromatic carbocycles. The van der Waals surface area contributed by atoms with E-state index in [4.69, 9.17) is 10.5 Å². The lowest BCUT2D eigenvalue weighted by atomic mass is 9.89. The van der Waals surface area contributed by atoms with Crippen molar-refractivity contribution in [2.45, 2.75) is 30.7 Å². The average molecular weight is 198 g/mol. The lowest BCUT2D eigenvalue weighted by Crippen LogP contribution is -2.54. The second-order valence-electron chi connectivity index (χ2n) is 2.59. The smallest absolute Gasteiger partial charge is 0.0723 e. The zero-order valence-electron chi connectivity index (χ0n) is 6.95. The summed E-state index contributed by atoms with van der Waals surface area (Å²) in [5, 5.41) is 0.542. The Labute approximate surface area is 78.7 Å². The van der Waals surface area contributed by atoms with Crippen molar-refractivity contribution in [2.24, 2.45) is 5.73 Å². The Morgan fingerprint density at radius 2 is 2.27 bits per heavy atom. The lowest BCUT2D eigenvalue weighted by Gasteiger charge is -2.40. The van der Waals surface area contributed by atoms with E-state index >= 15 is 0 Å². The molecule has 2 N–H and O–H groups in total. The van der Waals surface area contributed by atoms with Gasteiger partial charge in [0.2, 0.25) is 0 Å². The Kier molecular flexibility index (Phi) is 5.52. The van der Waals surface area contributed by atoms with Crippen LogP contribution in [-0.2, 0) is 4.74 Å². The molecule has 0 heterocycles. The van der Waals surface area contributed by atoms with E-state index < -0.39 is 0 Å². The molecule has 11 heavy (non-hydrogen) atoms. The first-order chi connectivity index (χ1) is 4.79. The van der Waals surface area contributed by atoms with Crippen LogP contribution in [0.1, 0.15) is 13.3 Å². The maximum Gasteiger partial charge on any atom is 0.0723 e. The molecule has 1 aliphatic carbocycles. The quantitative estimate of drug-likeness (QED) is 0.741. The summed E-state index contributed by atoms with van der Waals surface area (Å²) in [7, 11) is 0. The largest absolute Gasteiger partial charge is 0.377 e. The normalized spacial score (nSPS) is 35.7. The van der Waals surface area contributed by atoms with E-state index in [2.05, 4.69) is 6.26 Å². The number of hydrogen-bond acceptors (Lipinski definition) is 3. The monoisotopic (exact) mass is 197 g/mol. The van der Waals surface area contributed by atoms with Crippen LogP contribution >= 0.6 is 24.2 Å². The third kappa shape index (κ3) is 2.51. The van der Waals surface area contributed by atoms with Crippen LogP contribution in [0, 0.1) is 0 Å². The van der Waals surface area contributed by atoms with Gasteiger partial charge in [0.05, 0.1) is 6.10 Å². The predicted octanol–water partition coefficient (Wildman–Crippen LogP) is 1.28. The van der Waals surface area contributed by atoms with E-state index in [0.29, 0.717) is 17.4 Å². The Balaban J connectivity index is 0.000001000. The molecule has 1 aliphatic rings. The first-order valence-corrected chi connectivity index (χ1v) is 4.98. The highest BCUT2D eigenvalue weighted by Gasteiger charge is 2.38. The number of halogens is 1. The Morgan fingerprint density at radius 1 is 1.64 bits per heavy atom. The van der Waals surface area contributed by atoms with Crippen LogP contribution in [0.15, 0.2) is 0 Å². The molecule has 0 radical (unpaired) electrons. The van der Waals surface area contributed by atoms with Gasteiger partial charge in [-0.2, -0.15) is 11.8 Å². The van der Waals surface area contributed by atoms with Crippen molar-refractivity contribution >= 4 is 24.2 Å². The first kappa shape index (κ1) is 11.6. The zero-order chi connectivity index (χ0) is 7.56. The molecule has 4 heteroatoms. The van der Waals surface area contributed by atoms with Gasteiger partial charge >= 0.3 is 0 Å². The SMILES string of the molecule is CCOC1CC(N)C1SC.Cl. The van der Waals surface area contributed by atoms with Gasteiger partial charge in [0.15, 0.2) is 0 Å². The van der Waals surface area contributed by atoms with Crippen LogP contribution in [0.3, 0.4) is 0 Å². The summed E-state index contributed by atoms with van der Waals surface area (Å²) in [5.41, 5.74) is 5.75. The van der Waals surface area contributed by atoms with Gasteiger partial charge in [-0.1, -0.05) is 0 Å². The molecule has 0 aliphatic heterocycles. The van der Waals surface area contributed by atoms with Gasteiger partial charge in [-0.05, 0) is 19.6 Å². The molecule has 3 unspecified atom stereocenters. The molecule has 1 saturated carbocycles. The van der Waals surface area contributed by atoms with Crippen LogP contribution in [0.5, 0.6) is 0 Å². The van der Waals surface area contributed by atoms with Crippen molar-refractivity contribution in [3.8, 4) is 0 Å².